The molecule has 1 heterocycles. The Morgan fingerprint density at radius 2 is 1.79 bits per heavy atom. The Morgan fingerprint density at radius 3 is 2.50 bits per heavy atom. The summed E-state index contributed by atoms with van der Waals surface area (Å²) >= 11 is 0. The van der Waals surface area contributed by atoms with Crippen molar-refractivity contribution in [1.29, 1.82) is 0 Å². The summed E-state index contributed by atoms with van der Waals surface area (Å²) < 4.78 is 37.5. The van der Waals surface area contributed by atoms with E-state index in [1.165, 1.54) is 12.1 Å². The quantitative estimate of drug-likeness (QED) is 0.618. The number of nitrogens with one attached hydrogen (secondary N) is 1. The molecule has 1 aromatic heterocycles. The molecule has 0 fully saturated rings. The number of halogens is 3. The van der Waals surface area contributed by atoms with Gasteiger partial charge in [0.05, 0.1) is 10.9 Å². The molecule has 0 saturated heterocycles. The molecule has 0 saturated carbocycles. The van der Waals surface area contributed by atoms with Crippen molar-refractivity contribution in [3.63, 3.8) is 0 Å². The summed E-state index contributed by atoms with van der Waals surface area (Å²) in [5.74, 6) is 0. The second-order valence-electron chi connectivity index (χ2n) is 2.93. The van der Waals surface area contributed by atoms with Gasteiger partial charge < -0.3 is 0 Å². The molecule has 1 nitrogen and oxygen atoms in total. The highest BCUT2D eigenvalue weighted by Crippen LogP contribution is 2.33. The minimum atomic E-state index is -4.30. The van der Waals surface area contributed by atoms with Crippen LogP contribution in [0.1, 0.15) is 5.56 Å². The molecule has 2 rings (SSSR count). The van der Waals surface area contributed by atoms with Crippen LogP contribution in [0.5, 0.6) is 0 Å². The van der Waals surface area contributed by atoms with Crippen LogP contribution in [0.4, 0.5) is 13.2 Å². The number of pyridine rings is 1. The van der Waals surface area contributed by atoms with E-state index >= 15 is 0 Å². The van der Waals surface area contributed by atoms with Crippen LogP contribution in [-0.2, 0) is 6.18 Å². The van der Waals surface area contributed by atoms with Crippen LogP contribution < -0.4 is 4.98 Å². The summed E-state index contributed by atoms with van der Waals surface area (Å²) in [5.41, 5.74) is -0.117. The standard InChI is InChI=1S/C10H6F3N/c11-10(12,13)8-4-1-5-9-7(8)3-2-6-14-9/h1-6H/p+1. The largest absolute Gasteiger partial charge is 0.417 e. The summed E-state index contributed by atoms with van der Waals surface area (Å²) in [6, 6.07) is 7.09. The van der Waals surface area contributed by atoms with Crippen molar-refractivity contribution in [1.82, 2.24) is 0 Å². The molecule has 1 aromatic carbocycles. The number of fused-ring (bicyclic) bond motifs is 1. The monoisotopic (exact) mass is 198 g/mol. The van der Waals surface area contributed by atoms with E-state index in [9.17, 15) is 13.2 Å². The van der Waals surface area contributed by atoms with Gasteiger partial charge in [-0.15, -0.1) is 0 Å². The maximum Gasteiger partial charge on any atom is 0.417 e. The Labute approximate surface area is 78.2 Å². The normalized spacial score (nSPS) is 11.9. The van der Waals surface area contributed by atoms with E-state index in [0.717, 1.165) is 6.07 Å². The molecular formula is C10H7F3N+. The first-order valence-corrected chi connectivity index (χ1v) is 4.05. The SMILES string of the molecule is FC(F)(F)c1cccc2[nH+]cccc12. The maximum atomic E-state index is 12.5. The molecule has 72 valence electrons. The van der Waals surface area contributed by atoms with Crippen molar-refractivity contribution in [2.45, 2.75) is 6.18 Å². The minimum absolute atomic E-state index is 0.197. The Balaban J connectivity index is 2.78. The Morgan fingerprint density at radius 1 is 1.00 bits per heavy atom. The van der Waals surface area contributed by atoms with Crippen LogP contribution in [0, 0.1) is 0 Å². The van der Waals surface area contributed by atoms with Crippen molar-refractivity contribution >= 4 is 10.9 Å². The van der Waals surface area contributed by atoms with E-state index < -0.39 is 11.7 Å². The van der Waals surface area contributed by atoms with Crippen LogP contribution in [-0.4, -0.2) is 0 Å². The molecule has 14 heavy (non-hydrogen) atoms. The zero-order valence-corrected chi connectivity index (χ0v) is 7.10. The Hall–Kier alpha value is -1.58. The van der Waals surface area contributed by atoms with E-state index in [-0.39, 0.29) is 5.39 Å². The van der Waals surface area contributed by atoms with Gasteiger partial charge in [0.1, 0.15) is 0 Å². The number of aromatic amines is 1. The number of alkyl halides is 3. The second-order valence-corrected chi connectivity index (χ2v) is 2.93. The van der Waals surface area contributed by atoms with Crippen LogP contribution in [0.25, 0.3) is 10.9 Å². The zero-order chi connectivity index (χ0) is 10.2. The molecule has 0 spiro atoms. The van der Waals surface area contributed by atoms with Crippen LogP contribution in [0.3, 0.4) is 0 Å². The topological polar surface area (TPSA) is 14.1 Å². The molecule has 0 amide bonds. The molecule has 0 bridgehead atoms. The van der Waals surface area contributed by atoms with Gasteiger partial charge in [-0.25, -0.2) is 4.98 Å². The first-order chi connectivity index (χ1) is 6.59. The number of aromatic nitrogens is 1. The van der Waals surface area contributed by atoms with Gasteiger partial charge in [-0.05, 0) is 12.1 Å². The highest BCUT2D eigenvalue weighted by Gasteiger charge is 2.33. The number of rotatable bonds is 0. The average Bonchev–Trinajstić information content (AvgIpc) is 2.15. The third-order valence-electron chi connectivity index (χ3n) is 2.01. The van der Waals surface area contributed by atoms with E-state index in [2.05, 4.69) is 4.98 Å². The fourth-order valence-corrected chi connectivity index (χ4v) is 1.40. The molecule has 1 N–H and O–H groups in total. The lowest BCUT2D eigenvalue weighted by atomic mass is 10.1. The lowest BCUT2D eigenvalue weighted by Gasteiger charge is -2.06. The smallest absolute Gasteiger partial charge is 0.211 e. The summed E-state index contributed by atoms with van der Waals surface area (Å²) in [6.07, 6.45) is -2.70. The lowest BCUT2D eigenvalue weighted by Crippen LogP contribution is -2.09. The van der Waals surface area contributed by atoms with Gasteiger partial charge in [0.15, 0.2) is 6.20 Å². The summed E-state index contributed by atoms with van der Waals surface area (Å²) in [5, 5.41) is 0.197. The highest BCUT2D eigenvalue weighted by atomic mass is 19.4. The van der Waals surface area contributed by atoms with Gasteiger partial charge in [0.25, 0.3) is 0 Å². The van der Waals surface area contributed by atoms with Gasteiger partial charge in [-0.1, -0.05) is 6.07 Å². The molecule has 2 aromatic rings. The third kappa shape index (κ3) is 1.43. The molecule has 0 aliphatic heterocycles. The molecule has 4 heteroatoms. The molecule has 0 aliphatic carbocycles. The summed E-state index contributed by atoms with van der Waals surface area (Å²) in [6.45, 7) is 0. The first-order valence-electron chi connectivity index (χ1n) is 4.05. The van der Waals surface area contributed by atoms with Crippen LogP contribution in [0.15, 0.2) is 36.5 Å². The highest BCUT2D eigenvalue weighted by molar-refractivity contribution is 5.79. The fraction of sp³-hybridized carbons (Fsp3) is 0.100. The molecule has 0 radical (unpaired) electrons. The van der Waals surface area contributed by atoms with Crippen molar-refractivity contribution in [3.05, 3.63) is 42.1 Å². The Kier molecular flexibility index (Phi) is 1.91. The average molecular weight is 198 g/mol. The molecule has 0 atom stereocenters. The van der Waals surface area contributed by atoms with Gasteiger partial charge in [-0.2, -0.15) is 13.2 Å². The van der Waals surface area contributed by atoms with Crippen molar-refractivity contribution < 1.29 is 18.2 Å². The minimum Gasteiger partial charge on any atom is -0.211 e. The van der Waals surface area contributed by atoms with Crippen LogP contribution in [0.2, 0.25) is 0 Å². The molecule has 0 aliphatic rings. The van der Waals surface area contributed by atoms with E-state index in [0.29, 0.717) is 5.52 Å². The summed E-state index contributed by atoms with van der Waals surface area (Å²) in [7, 11) is 0. The van der Waals surface area contributed by atoms with Crippen molar-refractivity contribution in [3.8, 4) is 0 Å². The van der Waals surface area contributed by atoms with Gasteiger partial charge in [0.2, 0.25) is 5.52 Å². The number of benzene rings is 1. The summed E-state index contributed by atoms with van der Waals surface area (Å²) in [4.78, 5) is 2.76. The number of hydrogen-bond acceptors (Lipinski definition) is 0. The van der Waals surface area contributed by atoms with Gasteiger partial charge >= 0.3 is 6.18 Å². The molecular weight excluding hydrogens is 191 g/mol. The van der Waals surface area contributed by atoms with Gasteiger partial charge in [-0.3, -0.25) is 0 Å². The van der Waals surface area contributed by atoms with Crippen LogP contribution >= 0.6 is 0 Å². The van der Waals surface area contributed by atoms with Crippen molar-refractivity contribution in [2.75, 3.05) is 0 Å². The predicted octanol–water partition coefficient (Wildman–Crippen LogP) is 2.67. The zero-order valence-electron chi connectivity index (χ0n) is 7.10. The van der Waals surface area contributed by atoms with E-state index in [1.807, 2.05) is 0 Å². The second kappa shape index (κ2) is 2.97. The number of H-pyrrole nitrogens is 1. The lowest BCUT2D eigenvalue weighted by molar-refractivity contribution is -0.344. The fourth-order valence-electron chi connectivity index (χ4n) is 1.40. The van der Waals surface area contributed by atoms with Gasteiger partial charge in [0, 0.05) is 12.1 Å². The van der Waals surface area contributed by atoms with Crippen molar-refractivity contribution in [2.24, 2.45) is 0 Å². The maximum absolute atomic E-state index is 12.5. The first kappa shape index (κ1) is 8.99. The predicted molar refractivity (Wildman–Crippen MR) is 45.5 cm³/mol. The Bertz CT molecular complexity index is 457. The van der Waals surface area contributed by atoms with E-state index in [4.69, 9.17) is 0 Å². The third-order valence-corrected chi connectivity index (χ3v) is 2.01. The van der Waals surface area contributed by atoms with E-state index in [1.54, 1.807) is 18.3 Å². The molecule has 0 unspecified atom stereocenters. The number of hydrogen-bond donors (Lipinski definition) is 0.